The van der Waals surface area contributed by atoms with Gasteiger partial charge in [-0.3, -0.25) is 4.79 Å². The Morgan fingerprint density at radius 3 is 2.74 bits per heavy atom. The maximum absolute atomic E-state index is 12.5. The topological polar surface area (TPSA) is 62.4 Å². The van der Waals surface area contributed by atoms with Crippen molar-refractivity contribution in [3.05, 3.63) is 57.8 Å². The second-order valence-electron chi connectivity index (χ2n) is 5.56. The van der Waals surface area contributed by atoms with Crippen LogP contribution in [0, 0.1) is 0 Å². The number of nitrogens with zero attached hydrogens (tertiary/aromatic N) is 1. The van der Waals surface area contributed by atoms with Gasteiger partial charge >= 0.3 is 5.97 Å². The van der Waals surface area contributed by atoms with Gasteiger partial charge in [0.05, 0.1) is 0 Å². The van der Waals surface area contributed by atoms with Crippen molar-refractivity contribution in [1.29, 1.82) is 0 Å². The summed E-state index contributed by atoms with van der Waals surface area (Å²) in [6.07, 6.45) is 1.66. The number of hydrogen-bond acceptors (Lipinski definition) is 3. The molecule has 1 aromatic heterocycles. The second-order valence-corrected chi connectivity index (χ2v) is 6.47. The molecule has 1 atom stereocenters. The summed E-state index contributed by atoms with van der Waals surface area (Å²) in [5.41, 5.74) is 2.75. The van der Waals surface area contributed by atoms with E-state index in [1.807, 2.05) is 18.2 Å². The van der Waals surface area contributed by atoms with Crippen molar-refractivity contribution in [3.8, 4) is 0 Å². The summed E-state index contributed by atoms with van der Waals surface area (Å²) in [7, 11) is 0. The van der Waals surface area contributed by atoms with Crippen molar-refractivity contribution in [2.75, 3.05) is 6.54 Å². The number of H-pyrrole nitrogens is 1. The van der Waals surface area contributed by atoms with Gasteiger partial charge in [-0.1, -0.05) is 24.3 Å². The Morgan fingerprint density at radius 1 is 1.30 bits per heavy atom. The van der Waals surface area contributed by atoms with Gasteiger partial charge in [-0.2, -0.15) is 0 Å². The summed E-state index contributed by atoms with van der Waals surface area (Å²) in [5, 5.41) is 0. The van der Waals surface area contributed by atoms with E-state index in [1.54, 1.807) is 24.1 Å². The molecule has 1 aliphatic heterocycles. The number of carbonyl (C=O) groups excluding carboxylic acids is 2. The van der Waals surface area contributed by atoms with Gasteiger partial charge in [0.1, 0.15) is 5.69 Å². The first kappa shape index (κ1) is 15.8. The average molecular weight is 377 g/mol. The molecule has 1 aromatic carbocycles. The van der Waals surface area contributed by atoms with Crippen LogP contribution in [0.5, 0.6) is 0 Å². The number of ether oxygens (including phenoxy) is 1. The lowest BCUT2D eigenvalue weighted by Crippen LogP contribution is -2.42. The summed E-state index contributed by atoms with van der Waals surface area (Å²) >= 11 is 3.26. The fraction of sp³-hybridized carbons (Fsp3) is 0.294. The van der Waals surface area contributed by atoms with Crippen LogP contribution in [-0.2, 0) is 22.5 Å². The summed E-state index contributed by atoms with van der Waals surface area (Å²) in [6, 6.07) is 9.72. The van der Waals surface area contributed by atoms with Crippen LogP contribution in [0.4, 0.5) is 0 Å². The standard InChI is InChI=1S/C17H17BrN2O3/c1-11(23-17(22)15-8-14(18)9-19-15)16(21)20-7-6-12-4-2-3-5-13(12)10-20/h2-5,8-9,11,19H,6-7,10H2,1H3. The van der Waals surface area contributed by atoms with E-state index in [0.717, 1.165) is 16.5 Å². The molecule has 23 heavy (non-hydrogen) atoms. The van der Waals surface area contributed by atoms with E-state index in [9.17, 15) is 9.59 Å². The van der Waals surface area contributed by atoms with Crippen LogP contribution in [0.1, 0.15) is 28.5 Å². The highest BCUT2D eigenvalue weighted by Crippen LogP contribution is 2.20. The fourth-order valence-corrected chi connectivity index (χ4v) is 3.04. The minimum Gasteiger partial charge on any atom is -0.448 e. The molecule has 1 unspecified atom stereocenters. The molecule has 5 nitrogen and oxygen atoms in total. The lowest BCUT2D eigenvalue weighted by Gasteiger charge is -2.30. The molecule has 0 radical (unpaired) electrons. The van der Waals surface area contributed by atoms with Gasteiger partial charge in [0.25, 0.3) is 5.91 Å². The third-order valence-electron chi connectivity index (χ3n) is 3.94. The van der Waals surface area contributed by atoms with Crippen LogP contribution >= 0.6 is 15.9 Å². The second kappa shape index (κ2) is 6.58. The Bertz CT molecular complexity index is 741. The van der Waals surface area contributed by atoms with E-state index in [-0.39, 0.29) is 5.91 Å². The molecule has 0 saturated carbocycles. The van der Waals surface area contributed by atoms with Crippen LogP contribution in [0.15, 0.2) is 41.0 Å². The first-order valence-electron chi connectivity index (χ1n) is 7.45. The zero-order chi connectivity index (χ0) is 16.4. The zero-order valence-corrected chi connectivity index (χ0v) is 14.3. The number of halogens is 1. The van der Waals surface area contributed by atoms with Crippen LogP contribution in [-0.4, -0.2) is 34.4 Å². The molecule has 6 heteroatoms. The average Bonchev–Trinajstić information content (AvgIpc) is 3.00. The monoisotopic (exact) mass is 376 g/mol. The number of aromatic nitrogens is 1. The third-order valence-corrected chi connectivity index (χ3v) is 4.40. The number of fused-ring (bicyclic) bond motifs is 1. The van der Waals surface area contributed by atoms with Gasteiger partial charge in [0.2, 0.25) is 0 Å². The molecule has 2 aromatic rings. The number of benzene rings is 1. The smallest absolute Gasteiger partial charge is 0.355 e. The minimum atomic E-state index is -0.810. The first-order chi connectivity index (χ1) is 11.0. The molecular formula is C17H17BrN2O3. The van der Waals surface area contributed by atoms with E-state index in [0.29, 0.717) is 18.8 Å². The molecule has 0 aliphatic carbocycles. The molecule has 120 valence electrons. The molecule has 0 spiro atoms. The first-order valence-corrected chi connectivity index (χ1v) is 8.24. The lowest BCUT2D eigenvalue weighted by molar-refractivity contribution is -0.140. The zero-order valence-electron chi connectivity index (χ0n) is 12.7. The van der Waals surface area contributed by atoms with E-state index in [1.165, 1.54) is 5.56 Å². The lowest BCUT2D eigenvalue weighted by atomic mass is 9.99. The highest BCUT2D eigenvalue weighted by molar-refractivity contribution is 9.10. The summed E-state index contributed by atoms with van der Waals surface area (Å²) in [4.78, 5) is 29.1. The Balaban J connectivity index is 1.63. The van der Waals surface area contributed by atoms with E-state index in [4.69, 9.17) is 4.74 Å². The van der Waals surface area contributed by atoms with Crippen molar-refractivity contribution in [1.82, 2.24) is 9.88 Å². The van der Waals surface area contributed by atoms with Crippen LogP contribution in [0.25, 0.3) is 0 Å². The Labute approximate surface area is 142 Å². The van der Waals surface area contributed by atoms with E-state index in [2.05, 4.69) is 27.0 Å². The number of rotatable bonds is 3. The van der Waals surface area contributed by atoms with Gasteiger partial charge in [-0.25, -0.2) is 4.79 Å². The summed E-state index contributed by atoms with van der Waals surface area (Å²) in [5.74, 6) is -0.701. The van der Waals surface area contributed by atoms with Gasteiger partial charge in [-0.15, -0.1) is 0 Å². The summed E-state index contributed by atoms with van der Waals surface area (Å²) in [6.45, 7) is 2.81. The molecule has 3 rings (SSSR count). The molecule has 1 amide bonds. The van der Waals surface area contributed by atoms with Crippen molar-refractivity contribution >= 4 is 27.8 Å². The van der Waals surface area contributed by atoms with E-state index < -0.39 is 12.1 Å². The third kappa shape index (κ3) is 3.47. The Hall–Kier alpha value is -2.08. The maximum Gasteiger partial charge on any atom is 0.355 e. The number of hydrogen-bond donors (Lipinski definition) is 1. The van der Waals surface area contributed by atoms with Gasteiger partial charge < -0.3 is 14.6 Å². The van der Waals surface area contributed by atoms with E-state index >= 15 is 0 Å². The molecule has 0 bridgehead atoms. The quantitative estimate of drug-likeness (QED) is 0.837. The fourth-order valence-electron chi connectivity index (χ4n) is 2.70. The van der Waals surface area contributed by atoms with Gasteiger partial charge in [0.15, 0.2) is 6.10 Å². The molecule has 0 saturated heterocycles. The van der Waals surface area contributed by atoms with Crippen molar-refractivity contribution in [2.45, 2.75) is 26.0 Å². The highest BCUT2D eigenvalue weighted by Gasteiger charge is 2.27. The van der Waals surface area contributed by atoms with Crippen molar-refractivity contribution < 1.29 is 14.3 Å². The predicted molar refractivity (Wildman–Crippen MR) is 88.9 cm³/mol. The van der Waals surface area contributed by atoms with Gasteiger partial charge in [-0.05, 0) is 46.5 Å². The minimum absolute atomic E-state index is 0.168. The number of esters is 1. The maximum atomic E-state index is 12.5. The molecular weight excluding hydrogens is 360 g/mol. The highest BCUT2D eigenvalue weighted by atomic mass is 79.9. The largest absolute Gasteiger partial charge is 0.448 e. The van der Waals surface area contributed by atoms with Crippen molar-refractivity contribution in [2.24, 2.45) is 0 Å². The summed E-state index contributed by atoms with van der Waals surface area (Å²) < 4.78 is 6.03. The SMILES string of the molecule is CC(OC(=O)c1cc(Br)c[nH]1)C(=O)N1CCc2ccccc2C1. The van der Waals surface area contributed by atoms with Crippen LogP contribution in [0.3, 0.4) is 0 Å². The number of aromatic amines is 1. The predicted octanol–water partition coefficient (Wildman–Crippen LogP) is 2.91. The molecule has 1 aliphatic rings. The van der Waals surface area contributed by atoms with Gasteiger partial charge in [0, 0.05) is 23.8 Å². The molecule has 1 N–H and O–H groups in total. The van der Waals surface area contributed by atoms with Crippen molar-refractivity contribution in [3.63, 3.8) is 0 Å². The number of amides is 1. The molecule has 2 heterocycles. The number of carbonyl (C=O) groups is 2. The van der Waals surface area contributed by atoms with Crippen LogP contribution < -0.4 is 0 Å². The van der Waals surface area contributed by atoms with Crippen LogP contribution in [0.2, 0.25) is 0 Å². The normalized spacial score (nSPS) is 15.0. The number of nitrogens with one attached hydrogen (secondary N) is 1. The Kier molecular flexibility index (Phi) is 4.52. The Morgan fingerprint density at radius 2 is 2.04 bits per heavy atom. The molecule has 0 fully saturated rings.